The molecule has 1 unspecified atom stereocenters. The van der Waals surface area contributed by atoms with Gasteiger partial charge in [0.2, 0.25) is 0 Å². The first-order chi connectivity index (χ1) is 13.6. The van der Waals surface area contributed by atoms with Gasteiger partial charge in [0.05, 0.1) is 24.4 Å². The highest BCUT2D eigenvalue weighted by atomic mass is 79.9. The number of aliphatic hydroxyl groups excluding tert-OH is 1. The Hall–Kier alpha value is -3.19. The molecule has 7 heteroatoms. The van der Waals surface area contributed by atoms with Crippen molar-refractivity contribution < 1.29 is 19.1 Å². The summed E-state index contributed by atoms with van der Waals surface area (Å²) in [6, 6.07) is 13.1. The van der Waals surface area contributed by atoms with Crippen LogP contribution in [0.3, 0.4) is 0 Å². The third kappa shape index (κ3) is 3.25. The van der Waals surface area contributed by atoms with Gasteiger partial charge in [-0.3, -0.25) is 14.6 Å². The molecule has 1 atom stereocenters. The normalized spacial score (nSPS) is 18.6. The second-order valence-electron chi connectivity index (χ2n) is 6.30. The fraction of sp³-hybridized carbons (Fsp3) is 0.0952. The summed E-state index contributed by atoms with van der Waals surface area (Å²) in [6.07, 6.45) is 4.70. The third-order valence-corrected chi connectivity index (χ3v) is 5.09. The lowest BCUT2D eigenvalue weighted by atomic mass is 9.96. The van der Waals surface area contributed by atoms with E-state index in [1.807, 2.05) is 0 Å². The van der Waals surface area contributed by atoms with E-state index in [1.165, 1.54) is 11.2 Å². The number of rotatable bonds is 4. The van der Waals surface area contributed by atoms with E-state index in [4.69, 9.17) is 4.42 Å². The molecule has 1 aromatic carbocycles. The van der Waals surface area contributed by atoms with E-state index in [2.05, 4.69) is 20.9 Å². The Bertz CT molecular complexity index is 1040. The van der Waals surface area contributed by atoms with Gasteiger partial charge in [-0.2, -0.15) is 0 Å². The van der Waals surface area contributed by atoms with Crippen molar-refractivity contribution in [1.82, 2.24) is 9.88 Å². The Morgan fingerprint density at radius 1 is 1.14 bits per heavy atom. The number of carbonyl (C=O) groups excluding carboxylic acids is 2. The standard InChI is InChI=1S/C21H15BrN2O4/c22-15-7-5-13(6-8-15)19(25)17-18(14-3-1-9-23-11-14)24(21(27)20(17)26)12-16-4-2-10-28-16/h1-11,18,25H,12H2/b19-17-. The number of halogens is 1. The van der Waals surface area contributed by atoms with E-state index in [1.54, 1.807) is 60.9 Å². The number of pyridine rings is 1. The Kier molecular flexibility index (Phi) is 4.83. The van der Waals surface area contributed by atoms with Crippen LogP contribution < -0.4 is 0 Å². The summed E-state index contributed by atoms with van der Waals surface area (Å²) >= 11 is 3.35. The van der Waals surface area contributed by atoms with Gasteiger partial charge in [-0.05, 0) is 35.9 Å². The minimum atomic E-state index is -0.762. The first-order valence-electron chi connectivity index (χ1n) is 8.53. The van der Waals surface area contributed by atoms with Crippen molar-refractivity contribution in [3.05, 3.63) is 94.1 Å². The Labute approximate surface area is 169 Å². The maximum Gasteiger partial charge on any atom is 0.296 e. The van der Waals surface area contributed by atoms with Crippen LogP contribution in [0, 0.1) is 0 Å². The van der Waals surface area contributed by atoms with Gasteiger partial charge in [-0.15, -0.1) is 0 Å². The molecule has 1 aliphatic rings. The Morgan fingerprint density at radius 3 is 2.57 bits per heavy atom. The summed E-state index contributed by atoms with van der Waals surface area (Å²) < 4.78 is 6.19. The molecule has 28 heavy (non-hydrogen) atoms. The molecular formula is C21H15BrN2O4. The number of benzene rings is 1. The van der Waals surface area contributed by atoms with Crippen molar-refractivity contribution in [2.45, 2.75) is 12.6 Å². The number of amides is 1. The second-order valence-corrected chi connectivity index (χ2v) is 7.22. The summed E-state index contributed by atoms with van der Waals surface area (Å²) in [5.74, 6) is -1.11. The van der Waals surface area contributed by atoms with Gasteiger partial charge in [0, 0.05) is 22.4 Å². The fourth-order valence-corrected chi connectivity index (χ4v) is 3.53. The molecule has 6 nitrogen and oxygen atoms in total. The number of likely N-dealkylation sites (tertiary alicyclic amines) is 1. The van der Waals surface area contributed by atoms with Crippen LogP contribution in [-0.2, 0) is 16.1 Å². The van der Waals surface area contributed by atoms with Crippen molar-refractivity contribution >= 4 is 33.4 Å². The summed E-state index contributed by atoms with van der Waals surface area (Å²) in [7, 11) is 0. The number of carbonyl (C=O) groups is 2. The largest absolute Gasteiger partial charge is 0.507 e. The van der Waals surface area contributed by atoms with Crippen molar-refractivity contribution in [1.29, 1.82) is 0 Å². The van der Waals surface area contributed by atoms with E-state index in [-0.39, 0.29) is 17.9 Å². The highest BCUT2D eigenvalue weighted by Crippen LogP contribution is 2.40. The summed E-state index contributed by atoms with van der Waals surface area (Å²) in [5.41, 5.74) is 1.12. The van der Waals surface area contributed by atoms with Gasteiger partial charge in [0.1, 0.15) is 11.5 Å². The van der Waals surface area contributed by atoms with E-state index in [0.29, 0.717) is 16.9 Å². The van der Waals surface area contributed by atoms with Crippen molar-refractivity contribution in [3.63, 3.8) is 0 Å². The molecule has 1 N–H and O–H groups in total. The van der Waals surface area contributed by atoms with Crippen LogP contribution in [0.1, 0.15) is 22.9 Å². The summed E-state index contributed by atoms with van der Waals surface area (Å²) in [5, 5.41) is 10.9. The zero-order chi connectivity index (χ0) is 19.7. The molecule has 3 heterocycles. The summed E-state index contributed by atoms with van der Waals surface area (Å²) in [4.78, 5) is 31.1. The van der Waals surface area contributed by atoms with Crippen molar-refractivity contribution in [2.24, 2.45) is 0 Å². The average Bonchev–Trinajstić information content (AvgIpc) is 3.31. The van der Waals surface area contributed by atoms with E-state index >= 15 is 0 Å². The van der Waals surface area contributed by atoms with Gasteiger partial charge in [-0.1, -0.05) is 34.1 Å². The molecule has 0 saturated carbocycles. The maximum atomic E-state index is 12.8. The lowest BCUT2D eigenvalue weighted by Gasteiger charge is -2.24. The molecular weight excluding hydrogens is 424 g/mol. The Balaban J connectivity index is 1.85. The van der Waals surface area contributed by atoms with Crippen LogP contribution in [0.4, 0.5) is 0 Å². The highest BCUT2D eigenvalue weighted by Gasteiger charge is 2.46. The predicted octanol–water partition coefficient (Wildman–Crippen LogP) is 4.06. The molecule has 2 aromatic heterocycles. The number of hydrogen-bond donors (Lipinski definition) is 1. The topological polar surface area (TPSA) is 83.6 Å². The van der Waals surface area contributed by atoms with Gasteiger partial charge in [-0.25, -0.2) is 0 Å². The first-order valence-corrected chi connectivity index (χ1v) is 9.32. The average molecular weight is 439 g/mol. The predicted molar refractivity (Wildman–Crippen MR) is 105 cm³/mol. The third-order valence-electron chi connectivity index (χ3n) is 4.56. The molecule has 0 radical (unpaired) electrons. The lowest BCUT2D eigenvalue weighted by molar-refractivity contribution is -0.140. The number of nitrogens with zero attached hydrogens (tertiary/aromatic N) is 2. The SMILES string of the molecule is O=C1C(=O)N(Cc2ccco2)C(c2cccnc2)/C1=C(/O)c1ccc(Br)cc1. The van der Waals surface area contributed by atoms with Crippen molar-refractivity contribution in [3.8, 4) is 0 Å². The number of ketones is 1. The number of Topliss-reactive ketones (excluding diaryl/α,β-unsaturated/α-hetero) is 1. The number of hydrogen-bond acceptors (Lipinski definition) is 5. The second kappa shape index (κ2) is 7.44. The van der Waals surface area contributed by atoms with Gasteiger partial charge in [0.15, 0.2) is 0 Å². The molecule has 0 spiro atoms. The van der Waals surface area contributed by atoms with Gasteiger partial charge >= 0.3 is 0 Å². The Morgan fingerprint density at radius 2 is 1.93 bits per heavy atom. The molecule has 1 aliphatic heterocycles. The molecule has 1 fully saturated rings. The summed E-state index contributed by atoms with van der Waals surface area (Å²) in [6.45, 7) is 0.105. The highest BCUT2D eigenvalue weighted by molar-refractivity contribution is 9.10. The molecule has 0 bridgehead atoms. The van der Waals surface area contributed by atoms with Crippen LogP contribution in [0.2, 0.25) is 0 Å². The van der Waals surface area contributed by atoms with Crippen LogP contribution in [0.25, 0.3) is 5.76 Å². The van der Waals surface area contributed by atoms with E-state index in [9.17, 15) is 14.7 Å². The minimum Gasteiger partial charge on any atom is -0.507 e. The molecule has 140 valence electrons. The van der Waals surface area contributed by atoms with Crippen molar-refractivity contribution in [2.75, 3.05) is 0 Å². The molecule has 1 amide bonds. The van der Waals surface area contributed by atoms with Crippen LogP contribution in [-0.4, -0.2) is 26.7 Å². The quantitative estimate of drug-likeness (QED) is 0.377. The molecule has 0 aliphatic carbocycles. The number of aliphatic hydroxyl groups is 1. The monoisotopic (exact) mass is 438 g/mol. The molecule has 3 aromatic rings. The van der Waals surface area contributed by atoms with E-state index < -0.39 is 17.7 Å². The lowest BCUT2D eigenvalue weighted by Crippen LogP contribution is -2.29. The smallest absolute Gasteiger partial charge is 0.296 e. The minimum absolute atomic E-state index is 0.0341. The number of aromatic nitrogens is 1. The van der Waals surface area contributed by atoms with Crippen LogP contribution in [0.5, 0.6) is 0 Å². The number of furan rings is 1. The zero-order valence-corrected chi connectivity index (χ0v) is 16.2. The maximum absolute atomic E-state index is 12.8. The van der Waals surface area contributed by atoms with E-state index in [0.717, 1.165) is 4.47 Å². The molecule has 4 rings (SSSR count). The first kappa shape index (κ1) is 18.2. The van der Waals surface area contributed by atoms with Crippen LogP contribution >= 0.6 is 15.9 Å². The van der Waals surface area contributed by atoms with Gasteiger partial charge < -0.3 is 14.4 Å². The van der Waals surface area contributed by atoms with Crippen LogP contribution in [0.15, 0.2) is 81.7 Å². The fourth-order valence-electron chi connectivity index (χ4n) is 3.26. The van der Waals surface area contributed by atoms with Gasteiger partial charge in [0.25, 0.3) is 11.7 Å². The molecule has 1 saturated heterocycles. The zero-order valence-electron chi connectivity index (χ0n) is 14.6.